The van der Waals surface area contributed by atoms with Crippen LogP contribution < -0.4 is 5.32 Å². The molecule has 1 atom stereocenters. The largest absolute Gasteiger partial charge is 0.395 e. The van der Waals surface area contributed by atoms with E-state index in [0.29, 0.717) is 11.0 Å². The number of aliphatic hydroxyl groups is 2. The fourth-order valence-corrected chi connectivity index (χ4v) is 1.41. The molecule has 0 saturated carbocycles. The fourth-order valence-electron chi connectivity index (χ4n) is 0.708. The molecule has 0 fully saturated rings. The van der Waals surface area contributed by atoms with E-state index in [4.69, 9.17) is 20.0 Å². The number of aliphatic hydroxyl groups excluding tert-OH is 2. The molecule has 0 aromatic rings. The van der Waals surface area contributed by atoms with Crippen LogP contribution in [0.3, 0.4) is 0 Å². The molecule has 0 aromatic heterocycles. The molecule has 7 nitrogen and oxygen atoms in total. The Kier molecular flexibility index (Phi) is 9.33. The van der Waals surface area contributed by atoms with E-state index in [0.717, 1.165) is 0 Å². The monoisotopic (exact) mass is 259 g/mol. The van der Waals surface area contributed by atoms with Gasteiger partial charge in [-0.3, -0.25) is 4.57 Å². The molecule has 5 N–H and O–H groups in total. The van der Waals surface area contributed by atoms with Crippen LogP contribution in [0.2, 0.25) is 0 Å². The van der Waals surface area contributed by atoms with Crippen LogP contribution >= 0.6 is 7.60 Å². The van der Waals surface area contributed by atoms with Crippen molar-refractivity contribution in [1.29, 1.82) is 0 Å². The molecule has 0 spiro atoms. The maximum Gasteiger partial charge on any atom is 0.359 e. The van der Waals surface area contributed by atoms with Gasteiger partial charge in [0.05, 0.1) is 27.7 Å². The van der Waals surface area contributed by atoms with Crippen LogP contribution in [0.15, 0.2) is 0 Å². The maximum atomic E-state index is 10.4. The third kappa shape index (κ3) is 14.0. The van der Waals surface area contributed by atoms with Gasteiger partial charge in [0.1, 0.15) is 6.54 Å². The van der Waals surface area contributed by atoms with Gasteiger partial charge in [-0.1, -0.05) is 0 Å². The van der Waals surface area contributed by atoms with Crippen LogP contribution in [-0.2, 0) is 4.57 Å². The van der Waals surface area contributed by atoms with Crippen molar-refractivity contribution in [3.63, 3.8) is 0 Å². The lowest BCUT2D eigenvalue weighted by atomic mass is 10.5. The van der Waals surface area contributed by atoms with Gasteiger partial charge >= 0.3 is 7.60 Å². The van der Waals surface area contributed by atoms with Crippen LogP contribution in [0, 0.1) is 0 Å². The SMILES string of the molecule is CNCCO.C[N+](C)(C)CC(O)P(=O)(O)O. The molecule has 0 heterocycles. The van der Waals surface area contributed by atoms with Gasteiger partial charge < -0.3 is 29.8 Å². The molecule has 0 radical (unpaired) electrons. The van der Waals surface area contributed by atoms with Crippen molar-refractivity contribution in [3.8, 4) is 0 Å². The van der Waals surface area contributed by atoms with E-state index < -0.39 is 13.4 Å². The molecule has 16 heavy (non-hydrogen) atoms. The Labute approximate surface area is 96.5 Å². The Hall–Kier alpha value is -0.0100. The molecular formula is C8H24N2O5P+. The Bertz CT molecular complexity index is 211. The summed E-state index contributed by atoms with van der Waals surface area (Å²) in [6.45, 7) is 0.973. The van der Waals surface area contributed by atoms with Crippen molar-refractivity contribution in [2.75, 3.05) is 47.9 Å². The Balaban J connectivity index is 0. The Morgan fingerprint density at radius 1 is 1.31 bits per heavy atom. The molecule has 100 valence electrons. The number of likely N-dealkylation sites (N-methyl/N-ethyl adjacent to an activating group) is 2. The minimum absolute atomic E-state index is 0.0459. The lowest BCUT2D eigenvalue weighted by molar-refractivity contribution is -0.872. The van der Waals surface area contributed by atoms with Gasteiger partial charge in [0.15, 0.2) is 0 Å². The summed E-state index contributed by atoms with van der Waals surface area (Å²) in [5.41, 5.74) is 0. The average molecular weight is 259 g/mol. The number of quaternary nitrogens is 1. The number of nitrogens with one attached hydrogen (secondary N) is 1. The topological polar surface area (TPSA) is 110 Å². The molecule has 0 rings (SSSR count). The van der Waals surface area contributed by atoms with Crippen LogP contribution in [0.4, 0.5) is 0 Å². The van der Waals surface area contributed by atoms with Gasteiger partial charge in [-0.25, -0.2) is 0 Å². The third-order valence-corrected chi connectivity index (χ3v) is 2.40. The van der Waals surface area contributed by atoms with Crippen molar-refractivity contribution in [2.45, 2.75) is 5.85 Å². The summed E-state index contributed by atoms with van der Waals surface area (Å²) in [5, 5.41) is 19.7. The summed E-state index contributed by atoms with van der Waals surface area (Å²) < 4.78 is 10.8. The lowest BCUT2D eigenvalue weighted by Gasteiger charge is -2.26. The van der Waals surface area contributed by atoms with Gasteiger partial charge in [-0.2, -0.15) is 0 Å². The fraction of sp³-hybridized carbons (Fsp3) is 1.00. The summed E-state index contributed by atoms with van der Waals surface area (Å²) in [6.07, 6.45) is 0. The normalized spacial score (nSPS) is 14.0. The second kappa shape index (κ2) is 8.14. The number of nitrogens with zero attached hydrogens (tertiary/aromatic N) is 1. The van der Waals surface area contributed by atoms with E-state index in [2.05, 4.69) is 5.32 Å². The van der Waals surface area contributed by atoms with Crippen molar-refractivity contribution < 1.29 is 29.0 Å². The average Bonchev–Trinajstić information content (AvgIpc) is 2.01. The molecule has 8 heteroatoms. The summed E-state index contributed by atoms with van der Waals surface area (Å²) >= 11 is 0. The first-order chi connectivity index (χ1) is 7.04. The summed E-state index contributed by atoms with van der Waals surface area (Å²) in [5.74, 6) is -1.55. The summed E-state index contributed by atoms with van der Waals surface area (Å²) in [4.78, 5) is 17.0. The maximum absolute atomic E-state index is 10.4. The smallest absolute Gasteiger partial charge is 0.359 e. The van der Waals surface area contributed by atoms with Gasteiger partial charge in [-0.15, -0.1) is 0 Å². The zero-order valence-corrected chi connectivity index (χ0v) is 11.2. The van der Waals surface area contributed by atoms with Gasteiger partial charge in [0.25, 0.3) is 0 Å². The van der Waals surface area contributed by atoms with Gasteiger partial charge in [0, 0.05) is 6.54 Å². The zero-order valence-electron chi connectivity index (χ0n) is 10.3. The quantitative estimate of drug-likeness (QED) is 0.300. The van der Waals surface area contributed by atoms with E-state index in [1.54, 1.807) is 28.2 Å². The summed E-state index contributed by atoms with van der Waals surface area (Å²) in [7, 11) is 2.74. The van der Waals surface area contributed by atoms with Crippen LogP contribution in [0.25, 0.3) is 0 Å². The van der Waals surface area contributed by atoms with E-state index in [-0.39, 0.29) is 13.2 Å². The summed E-state index contributed by atoms with van der Waals surface area (Å²) in [6, 6.07) is 0. The third-order valence-electron chi connectivity index (χ3n) is 1.46. The predicted molar refractivity (Wildman–Crippen MR) is 62.0 cm³/mol. The molecular weight excluding hydrogens is 235 g/mol. The lowest BCUT2D eigenvalue weighted by Crippen LogP contribution is -2.41. The highest BCUT2D eigenvalue weighted by molar-refractivity contribution is 7.52. The van der Waals surface area contributed by atoms with Gasteiger partial charge in [-0.05, 0) is 7.05 Å². The van der Waals surface area contributed by atoms with Crippen molar-refractivity contribution >= 4 is 7.60 Å². The molecule has 0 saturated heterocycles. The second-order valence-electron chi connectivity index (χ2n) is 4.37. The minimum atomic E-state index is -4.31. The zero-order chi connectivity index (χ0) is 13.4. The van der Waals surface area contributed by atoms with E-state index >= 15 is 0 Å². The Morgan fingerprint density at radius 3 is 1.81 bits per heavy atom. The second-order valence-corrected chi connectivity index (χ2v) is 6.14. The molecule has 0 aromatic carbocycles. The highest BCUT2D eigenvalue weighted by atomic mass is 31.2. The first-order valence-corrected chi connectivity index (χ1v) is 6.52. The van der Waals surface area contributed by atoms with Crippen molar-refractivity contribution in [1.82, 2.24) is 5.32 Å². The van der Waals surface area contributed by atoms with E-state index in [1.165, 1.54) is 0 Å². The molecule has 1 unspecified atom stereocenters. The number of hydrogen-bond donors (Lipinski definition) is 5. The molecule has 0 aliphatic carbocycles. The van der Waals surface area contributed by atoms with E-state index in [9.17, 15) is 4.57 Å². The van der Waals surface area contributed by atoms with Gasteiger partial charge in [0.2, 0.25) is 5.85 Å². The van der Waals surface area contributed by atoms with E-state index in [1.807, 2.05) is 0 Å². The molecule has 0 amide bonds. The first kappa shape index (κ1) is 18.4. The van der Waals surface area contributed by atoms with Crippen molar-refractivity contribution in [2.24, 2.45) is 0 Å². The molecule has 0 aliphatic heterocycles. The highest BCUT2D eigenvalue weighted by Gasteiger charge is 2.31. The highest BCUT2D eigenvalue weighted by Crippen LogP contribution is 2.39. The van der Waals surface area contributed by atoms with Crippen molar-refractivity contribution in [3.05, 3.63) is 0 Å². The molecule has 0 bridgehead atoms. The minimum Gasteiger partial charge on any atom is -0.395 e. The van der Waals surface area contributed by atoms with Crippen LogP contribution in [0.1, 0.15) is 0 Å². The van der Waals surface area contributed by atoms with Crippen LogP contribution in [0.5, 0.6) is 0 Å². The predicted octanol–water partition coefficient (Wildman–Crippen LogP) is -1.61. The number of rotatable bonds is 5. The first-order valence-electron chi connectivity index (χ1n) is 4.83. The number of hydrogen-bond acceptors (Lipinski definition) is 4. The Morgan fingerprint density at radius 2 is 1.75 bits per heavy atom. The standard InChI is InChI=1S/C5H14NO4P.C3H9NO/c1-6(2,3)4-5(7)11(8,9)10;1-4-2-3-5/h5,7H,4H2,1-3H3,(H-,8,9,10);4-5H,2-3H2,1H3/p+1. The van der Waals surface area contributed by atoms with Crippen LogP contribution in [-0.4, -0.2) is 78.2 Å². The molecule has 0 aliphatic rings.